The summed E-state index contributed by atoms with van der Waals surface area (Å²) in [5.74, 6) is -0.521. The van der Waals surface area contributed by atoms with E-state index in [2.05, 4.69) is 4.83 Å². The van der Waals surface area contributed by atoms with Gasteiger partial charge in [-0.2, -0.15) is 0 Å². The number of hydrogen-bond donors (Lipinski definition) is 2. The molecule has 1 aromatic rings. The molecule has 1 aliphatic rings. The van der Waals surface area contributed by atoms with Gasteiger partial charge in [0, 0.05) is 18.1 Å². The lowest BCUT2D eigenvalue weighted by atomic mass is 10.3. The van der Waals surface area contributed by atoms with E-state index in [0.717, 1.165) is 6.07 Å². The predicted molar refractivity (Wildman–Crippen MR) is 70.8 cm³/mol. The van der Waals surface area contributed by atoms with Gasteiger partial charge in [0.05, 0.1) is 18.2 Å². The van der Waals surface area contributed by atoms with Gasteiger partial charge in [0.25, 0.3) is 10.0 Å². The van der Waals surface area contributed by atoms with Crippen molar-refractivity contribution in [2.75, 3.05) is 26.3 Å². The van der Waals surface area contributed by atoms with Gasteiger partial charge in [0.2, 0.25) is 0 Å². The molecule has 9 heteroatoms. The van der Waals surface area contributed by atoms with Crippen LogP contribution >= 0.6 is 23.2 Å². The van der Waals surface area contributed by atoms with Crippen molar-refractivity contribution in [3.8, 4) is 5.75 Å². The molecule has 6 nitrogen and oxygen atoms in total. The molecule has 19 heavy (non-hydrogen) atoms. The van der Waals surface area contributed by atoms with Crippen LogP contribution in [0.2, 0.25) is 10.0 Å². The molecule has 0 unspecified atom stereocenters. The van der Waals surface area contributed by atoms with Crippen molar-refractivity contribution in [3.63, 3.8) is 0 Å². The number of hydrogen-bond acceptors (Lipinski definition) is 5. The summed E-state index contributed by atoms with van der Waals surface area (Å²) in [6.07, 6.45) is 0. The maximum atomic E-state index is 12.2. The molecule has 0 aliphatic carbocycles. The first-order valence-electron chi connectivity index (χ1n) is 5.43. The van der Waals surface area contributed by atoms with E-state index in [9.17, 15) is 13.5 Å². The van der Waals surface area contributed by atoms with Crippen LogP contribution in [0, 0.1) is 0 Å². The highest BCUT2D eigenvalue weighted by Gasteiger charge is 2.25. The minimum Gasteiger partial charge on any atom is -0.505 e. The van der Waals surface area contributed by atoms with Crippen molar-refractivity contribution in [1.29, 1.82) is 0 Å². The first kappa shape index (κ1) is 14.8. The number of phenolic OH excluding ortho intramolecular Hbond substituents is 1. The normalized spacial score (nSPS) is 17.6. The van der Waals surface area contributed by atoms with Crippen LogP contribution in [0.5, 0.6) is 5.75 Å². The zero-order valence-corrected chi connectivity index (χ0v) is 12.1. The molecule has 0 radical (unpaired) electrons. The van der Waals surface area contributed by atoms with E-state index in [0.29, 0.717) is 26.3 Å². The summed E-state index contributed by atoms with van der Waals surface area (Å²) in [6.45, 7) is 1.72. The van der Waals surface area contributed by atoms with Crippen LogP contribution in [0.3, 0.4) is 0 Å². The topological polar surface area (TPSA) is 78.9 Å². The molecule has 0 bridgehead atoms. The molecule has 1 fully saturated rings. The highest BCUT2D eigenvalue weighted by atomic mass is 35.5. The van der Waals surface area contributed by atoms with Gasteiger partial charge in [-0.3, -0.25) is 0 Å². The Bertz CT molecular complexity index is 573. The van der Waals surface area contributed by atoms with Crippen molar-refractivity contribution >= 4 is 33.2 Å². The van der Waals surface area contributed by atoms with E-state index < -0.39 is 15.8 Å². The smallest absolute Gasteiger partial charge is 0.257 e. The molecule has 2 rings (SSSR count). The minimum absolute atomic E-state index is 0.116. The number of aromatic hydroxyl groups is 1. The number of nitrogens with zero attached hydrogens (tertiary/aromatic N) is 1. The Morgan fingerprint density at radius 1 is 1.26 bits per heavy atom. The van der Waals surface area contributed by atoms with Crippen LogP contribution in [0.25, 0.3) is 0 Å². The Balaban J connectivity index is 2.28. The molecule has 1 aromatic carbocycles. The molecule has 1 aliphatic heterocycles. The standard InChI is InChI=1S/C10H12Cl2N2O4S/c11-7-5-8(12)10(15)9(6-7)19(16,17)13-14-1-3-18-4-2-14/h5-6,13,15H,1-4H2. The van der Waals surface area contributed by atoms with Crippen molar-refractivity contribution in [2.45, 2.75) is 4.90 Å². The second-order valence-electron chi connectivity index (χ2n) is 3.93. The van der Waals surface area contributed by atoms with Gasteiger partial charge in [-0.25, -0.2) is 13.4 Å². The number of ether oxygens (including phenoxy) is 1. The number of sulfonamides is 1. The van der Waals surface area contributed by atoms with Crippen LogP contribution in [-0.4, -0.2) is 44.8 Å². The van der Waals surface area contributed by atoms with Crippen LogP contribution in [0.1, 0.15) is 0 Å². The van der Waals surface area contributed by atoms with Gasteiger partial charge < -0.3 is 9.84 Å². The molecule has 1 heterocycles. The number of halogens is 2. The SMILES string of the molecule is O=S(=O)(NN1CCOCC1)c1cc(Cl)cc(Cl)c1O. The Morgan fingerprint density at radius 2 is 1.89 bits per heavy atom. The number of rotatable bonds is 3. The lowest BCUT2D eigenvalue weighted by Gasteiger charge is -2.26. The molecule has 0 atom stereocenters. The fourth-order valence-electron chi connectivity index (χ4n) is 1.62. The first-order chi connectivity index (χ1) is 8.90. The summed E-state index contributed by atoms with van der Waals surface area (Å²) in [7, 11) is -3.93. The third-order valence-electron chi connectivity index (χ3n) is 2.54. The number of phenols is 1. The fraction of sp³-hybridized carbons (Fsp3) is 0.400. The van der Waals surface area contributed by atoms with E-state index in [-0.39, 0.29) is 14.9 Å². The second kappa shape index (κ2) is 5.82. The molecule has 0 spiro atoms. The Morgan fingerprint density at radius 3 is 2.53 bits per heavy atom. The molecular weight excluding hydrogens is 315 g/mol. The van der Waals surface area contributed by atoms with Crippen molar-refractivity contribution < 1.29 is 18.3 Å². The van der Waals surface area contributed by atoms with Crippen LogP contribution < -0.4 is 4.83 Å². The summed E-state index contributed by atoms with van der Waals surface area (Å²) < 4.78 is 29.4. The molecule has 106 valence electrons. The number of morpholine rings is 1. The van der Waals surface area contributed by atoms with Gasteiger partial charge in [-0.15, -0.1) is 4.83 Å². The van der Waals surface area contributed by atoms with Crippen molar-refractivity contribution in [3.05, 3.63) is 22.2 Å². The molecular formula is C10H12Cl2N2O4S. The third-order valence-corrected chi connectivity index (χ3v) is 4.44. The Labute approximate surface area is 120 Å². The molecule has 0 amide bonds. The lowest BCUT2D eigenvalue weighted by Crippen LogP contribution is -2.48. The molecule has 2 N–H and O–H groups in total. The monoisotopic (exact) mass is 326 g/mol. The van der Waals surface area contributed by atoms with Crippen molar-refractivity contribution in [1.82, 2.24) is 9.84 Å². The summed E-state index contributed by atoms with van der Waals surface area (Å²) >= 11 is 11.5. The van der Waals surface area contributed by atoms with Crippen molar-refractivity contribution in [2.24, 2.45) is 0 Å². The van der Waals surface area contributed by atoms with Gasteiger partial charge in [-0.1, -0.05) is 23.2 Å². The number of benzene rings is 1. The van der Waals surface area contributed by atoms with E-state index in [4.69, 9.17) is 27.9 Å². The third kappa shape index (κ3) is 3.50. The summed E-state index contributed by atoms with van der Waals surface area (Å²) in [6, 6.07) is 2.41. The summed E-state index contributed by atoms with van der Waals surface area (Å²) in [5, 5.41) is 11.2. The zero-order valence-electron chi connectivity index (χ0n) is 9.77. The average molecular weight is 327 g/mol. The van der Waals surface area contributed by atoms with E-state index >= 15 is 0 Å². The van der Waals surface area contributed by atoms with Crippen LogP contribution in [0.4, 0.5) is 0 Å². The largest absolute Gasteiger partial charge is 0.505 e. The van der Waals surface area contributed by atoms with Gasteiger partial charge in [0.15, 0.2) is 5.75 Å². The quantitative estimate of drug-likeness (QED) is 0.873. The van der Waals surface area contributed by atoms with Crippen LogP contribution in [0.15, 0.2) is 17.0 Å². The maximum absolute atomic E-state index is 12.2. The number of hydrazine groups is 1. The Hall–Kier alpha value is -0.570. The van der Waals surface area contributed by atoms with E-state index in [1.165, 1.54) is 11.1 Å². The fourth-order valence-corrected chi connectivity index (χ4v) is 3.50. The molecule has 0 aromatic heterocycles. The predicted octanol–water partition coefficient (Wildman–Crippen LogP) is 1.22. The zero-order chi connectivity index (χ0) is 14.0. The second-order valence-corrected chi connectivity index (χ2v) is 6.40. The van der Waals surface area contributed by atoms with Gasteiger partial charge in [-0.05, 0) is 12.1 Å². The molecule has 0 saturated carbocycles. The maximum Gasteiger partial charge on any atom is 0.257 e. The first-order valence-corrected chi connectivity index (χ1v) is 7.67. The van der Waals surface area contributed by atoms with E-state index in [1.807, 2.05) is 0 Å². The molecule has 1 saturated heterocycles. The average Bonchev–Trinajstić information content (AvgIpc) is 2.34. The van der Waals surface area contributed by atoms with E-state index in [1.54, 1.807) is 0 Å². The lowest BCUT2D eigenvalue weighted by molar-refractivity contribution is 0.0272. The highest BCUT2D eigenvalue weighted by molar-refractivity contribution is 7.89. The number of nitrogens with one attached hydrogen (secondary N) is 1. The summed E-state index contributed by atoms with van der Waals surface area (Å²) in [4.78, 5) is 2.00. The van der Waals surface area contributed by atoms with Crippen LogP contribution in [-0.2, 0) is 14.8 Å². The Kier molecular flexibility index (Phi) is 4.54. The summed E-state index contributed by atoms with van der Waals surface area (Å²) in [5.41, 5.74) is 0. The van der Waals surface area contributed by atoms with Gasteiger partial charge >= 0.3 is 0 Å². The minimum atomic E-state index is -3.93. The highest BCUT2D eigenvalue weighted by Crippen LogP contribution is 2.34. The van der Waals surface area contributed by atoms with Gasteiger partial charge in [0.1, 0.15) is 4.90 Å².